The average molecular weight is 1020 g/mol. The number of carbonyl (C=O) groups is 5. The van der Waals surface area contributed by atoms with Crippen LogP contribution in [0.25, 0.3) is 0 Å². The Bertz CT molecular complexity index is 1400. The molecular weight excluding hydrogens is 915 g/mol. The molecule has 0 spiro atoms. The van der Waals surface area contributed by atoms with Crippen molar-refractivity contribution < 1.29 is 39.6 Å². The molecule has 69 heavy (non-hydrogen) atoms. The van der Waals surface area contributed by atoms with Crippen LogP contribution in [0.1, 0.15) is 238 Å². The van der Waals surface area contributed by atoms with E-state index in [0.717, 1.165) is 54.4 Å². The molecule has 3 aliphatic carbocycles. The third-order valence-electron chi connectivity index (χ3n) is 15.9. The zero-order chi connectivity index (χ0) is 50.0. The molecule has 0 heterocycles. The van der Waals surface area contributed by atoms with Gasteiger partial charge in [0.1, 0.15) is 0 Å². The normalized spacial score (nSPS) is 16.9. The van der Waals surface area contributed by atoms with Gasteiger partial charge in [0.15, 0.2) is 0 Å². The Labute approximate surface area is 422 Å². The van der Waals surface area contributed by atoms with E-state index >= 15 is 0 Å². The maximum absolute atomic E-state index is 12.4. The van der Waals surface area contributed by atoms with E-state index in [4.69, 9.17) is 11.2 Å². The van der Waals surface area contributed by atoms with Crippen LogP contribution in [0.5, 0.6) is 0 Å². The number of hydroxylamine groups is 6. The van der Waals surface area contributed by atoms with E-state index in [9.17, 15) is 39.6 Å². The molecule has 0 atom stereocenters. The Hall–Kier alpha value is -2.09. The maximum atomic E-state index is 12.4. The van der Waals surface area contributed by atoms with Crippen molar-refractivity contribution in [1.29, 1.82) is 0 Å². The molecule has 16 heteroatoms. The van der Waals surface area contributed by atoms with Crippen LogP contribution in [-0.2, 0) is 24.0 Å². The summed E-state index contributed by atoms with van der Waals surface area (Å²) in [6.07, 6.45) is 39.6. The standard InChI is InChI=1S/C53H100ClN6O8P/c1-46(61)58(66)42-24-12-22-40-56-50(62)35-37-53(65)60(68)44-26-13-23-41-57-51(63)34-36-52(64)59(67)43-25-11-21-39-55-38-20-6-4-2-3-5-7-27-45-69(54,47-28-14-8-15-29-47,48-30-16-9-17-31-48)49-32-18-10-19-33-49/h47-49,55,66-68H,2-45H2,1H3,(H,56,62)(H,57,63). The molecule has 3 rings (SSSR count). The zero-order valence-electron chi connectivity index (χ0n) is 43.4. The third kappa shape index (κ3) is 23.6. The predicted octanol–water partition coefficient (Wildman–Crippen LogP) is 11.4. The molecule has 0 radical (unpaired) electrons. The monoisotopic (exact) mass is 1010 g/mol. The third-order valence-corrected chi connectivity index (χ3v) is 26.7. The van der Waals surface area contributed by atoms with E-state index in [0.29, 0.717) is 61.7 Å². The van der Waals surface area contributed by atoms with Crippen LogP contribution in [0.15, 0.2) is 0 Å². The molecule has 6 N–H and O–H groups in total. The van der Waals surface area contributed by atoms with Crippen LogP contribution >= 0.6 is 17.2 Å². The number of amides is 5. The van der Waals surface area contributed by atoms with Crippen LogP contribution in [0.2, 0.25) is 0 Å². The van der Waals surface area contributed by atoms with E-state index in [-0.39, 0.29) is 57.1 Å². The van der Waals surface area contributed by atoms with Gasteiger partial charge in [-0.2, -0.15) is 0 Å². The van der Waals surface area contributed by atoms with E-state index in [2.05, 4.69) is 16.0 Å². The number of halogens is 1. The summed E-state index contributed by atoms with van der Waals surface area (Å²) in [5.41, 5.74) is 2.58. The van der Waals surface area contributed by atoms with Crippen LogP contribution < -0.4 is 16.0 Å². The summed E-state index contributed by atoms with van der Waals surface area (Å²) < 4.78 is 0. The second kappa shape index (κ2) is 35.9. The first-order valence-electron chi connectivity index (χ1n) is 28.3. The van der Waals surface area contributed by atoms with Crippen molar-refractivity contribution in [2.75, 3.05) is 52.0 Å². The van der Waals surface area contributed by atoms with Crippen molar-refractivity contribution in [2.45, 2.75) is 255 Å². The zero-order valence-corrected chi connectivity index (χ0v) is 45.0. The van der Waals surface area contributed by atoms with E-state index in [1.165, 1.54) is 161 Å². The number of rotatable bonds is 38. The van der Waals surface area contributed by atoms with Crippen LogP contribution in [0, 0.1) is 0 Å². The van der Waals surface area contributed by atoms with Crippen LogP contribution in [0.3, 0.4) is 0 Å². The number of nitrogens with zero attached hydrogens (tertiary/aromatic N) is 3. The van der Waals surface area contributed by atoms with Gasteiger partial charge in [0.25, 0.3) is 0 Å². The van der Waals surface area contributed by atoms with Gasteiger partial charge in [0.05, 0.1) is 0 Å². The summed E-state index contributed by atoms with van der Waals surface area (Å²) in [5.74, 6) is -4.32. The summed E-state index contributed by atoms with van der Waals surface area (Å²) in [7, 11) is 0. The van der Waals surface area contributed by atoms with Gasteiger partial charge in [0, 0.05) is 65.3 Å². The van der Waals surface area contributed by atoms with E-state index in [1.54, 1.807) is 0 Å². The molecule has 3 saturated carbocycles. The van der Waals surface area contributed by atoms with Crippen molar-refractivity contribution in [3.05, 3.63) is 0 Å². The molecular formula is C53H100ClN6O8P. The van der Waals surface area contributed by atoms with Gasteiger partial charge in [-0.05, 0) is 51.4 Å². The molecule has 0 aromatic rings. The Morgan fingerprint density at radius 1 is 0.435 bits per heavy atom. The van der Waals surface area contributed by atoms with Crippen LogP contribution in [-0.4, -0.2) is 129 Å². The summed E-state index contributed by atoms with van der Waals surface area (Å²) in [6, 6.07) is 0. The summed E-state index contributed by atoms with van der Waals surface area (Å²) in [6.45, 7) is 4.68. The second-order valence-electron chi connectivity index (χ2n) is 21.1. The SMILES string of the molecule is CC(=O)N(O)CCCCCNC(=O)CCC(=O)N(O)CCCCCNC(=O)CCC(=O)N(O)CCCCCNCCCCCCCCCCP(Cl)(C1CCCCC1)(C1CCCCC1)C1CCCCC1. The first kappa shape index (κ1) is 61.2. The number of hydrogen-bond acceptors (Lipinski definition) is 9. The Balaban J connectivity index is 1.10. The van der Waals surface area contributed by atoms with Crippen molar-refractivity contribution in [2.24, 2.45) is 0 Å². The molecule has 0 saturated heterocycles. The minimum absolute atomic E-state index is 0.00650. The first-order valence-corrected chi connectivity index (χ1v) is 31.8. The van der Waals surface area contributed by atoms with Gasteiger partial charge in [-0.25, -0.2) is 15.2 Å². The number of carbonyl (C=O) groups excluding carboxylic acids is 5. The molecule has 3 aliphatic rings. The Morgan fingerprint density at radius 2 is 0.754 bits per heavy atom. The molecule has 0 aromatic carbocycles. The fourth-order valence-corrected chi connectivity index (χ4v) is 22.3. The second-order valence-corrected chi connectivity index (χ2v) is 29.1. The minimum atomic E-state index is -2.35. The van der Waals surface area contributed by atoms with Crippen molar-refractivity contribution in [3.63, 3.8) is 0 Å². The van der Waals surface area contributed by atoms with Gasteiger partial charge in [-0.15, -0.1) is 0 Å². The number of unbranched alkanes of at least 4 members (excludes halogenated alkanes) is 13. The van der Waals surface area contributed by atoms with Crippen molar-refractivity contribution in [3.8, 4) is 0 Å². The first-order chi connectivity index (χ1) is 33.4. The van der Waals surface area contributed by atoms with Gasteiger partial charge in [-0.1, -0.05) is 6.42 Å². The predicted molar refractivity (Wildman–Crippen MR) is 280 cm³/mol. The molecule has 0 unspecified atom stereocenters. The fraction of sp³-hybridized carbons (Fsp3) is 0.906. The van der Waals surface area contributed by atoms with E-state index in [1.807, 2.05) is 0 Å². The number of nitrogens with one attached hydrogen (secondary N) is 3. The van der Waals surface area contributed by atoms with E-state index < -0.39 is 23.7 Å². The van der Waals surface area contributed by atoms with Gasteiger partial charge < -0.3 is 10.6 Å². The van der Waals surface area contributed by atoms with Gasteiger partial charge in [-0.3, -0.25) is 39.6 Å². The molecule has 0 aromatic heterocycles. The van der Waals surface area contributed by atoms with Crippen molar-refractivity contribution in [1.82, 2.24) is 31.1 Å². The average Bonchev–Trinajstić information content (AvgIpc) is 3.37. The molecule has 0 bridgehead atoms. The molecule has 402 valence electrons. The summed E-state index contributed by atoms with van der Waals surface area (Å²) in [4.78, 5) is 59.7. The molecule has 14 nitrogen and oxygen atoms in total. The Kier molecular flexibility index (Phi) is 31.9. The van der Waals surface area contributed by atoms with Gasteiger partial charge >= 0.3 is 206 Å². The molecule has 0 aliphatic heterocycles. The Morgan fingerprint density at radius 3 is 1.13 bits per heavy atom. The molecule has 5 amide bonds. The van der Waals surface area contributed by atoms with Crippen LogP contribution in [0.4, 0.5) is 0 Å². The summed E-state index contributed by atoms with van der Waals surface area (Å²) in [5, 5.41) is 40.6. The number of hydrogen-bond donors (Lipinski definition) is 6. The molecule has 3 fully saturated rings. The van der Waals surface area contributed by atoms with Crippen molar-refractivity contribution >= 4 is 46.7 Å². The quantitative estimate of drug-likeness (QED) is 0.0151. The summed E-state index contributed by atoms with van der Waals surface area (Å²) >= 11 is 8.66. The van der Waals surface area contributed by atoms with Gasteiger partial charge in [0.2, 0.25) is 29.5 Å². The topological polar surface area (TPSA) is 192 Å². The fourth-order valence-electron chi connectivity index (χ4n) is 11.9.